The van der Waals surface area contributed by atoms with Crippen molar-refractivity contribution in [3.05, 3.63) is 66.7 Å². The maximum absolute atomic E-state index is 11.5. The summed E-state index contributed by atoms with van der Waals surface area (Å²) in [5.74, 6) is 1.13. The zero-order valence-electron chi connectivity index (χ0n) is 22.3. The van der Waals surface area contributed by atoms with E-state index in [9.17, 15) is 4.79 Å². The largest absolute Gasteiger partial charge is 0.497 e. The van der Waals surface area contributed by atoms with Gasteiger partial charge in [0.05, 0.1) is 26.1 Å². The summed E-state index contributed by atoms with van der Waals surface area (Å²) in [6.45, 7) is 12.4. The van der Waals surface area contributed by atoms with Crippen molar-refractivity contribution >= 4 is 14.2 Å². The quantitative estimate of drug-likeness (QED) is 0.242. The molecule has 2 aromatic carbocycles. The van der Waals surface area contributed by atoms with Crippen LogP contribution >= 0.6 is 0 Å². The van der Waals surface area contributed by atoms with E-state index in [2.05, 4.69) is 57.0 Å². The number of ether oxygens (including phenoxy) is 2. The van der Waals surface area contributed by atoms with Crippen molar-refractivity contribution in [2.75, 3.05) is 13.7 Å². The Morgan fingerprint density at radius 2 is 1.72 bits per heavy atom. The second kappa shape index (κ2) is 11.8. The lowest BCUT2D eigenvalue weighted by Gasteiger charge is -2.39. The molecule has 8 heteroatoms. The van der Waals surface area contributed by atoms with Crippen LogP contribution in [-0.4, -0.2) is 43.6 Å². The van der Waals surface area contributed by atoms with Crippen LogP contribution in [0, 0.1) is 0 Å². The van der Waals surface area contributed by atoms with Crippen LogP contribution in [0.5, 0.6) is 11.5 Å². The van der Waals surface area contributed by atoms with Crippen molar-refractivity contribution in [3.8, 4) is 22.6 Å². The Morgan fingerprint density at radius 3 is 2.31 bits per heavy atom. The van der Waals surface area contributed by atoms with Gasteiger partial charge in [0.2, 0.25) is 0 Å². The van der Waals surface area contributed by atoms with E-state index in [1.807, 2.05) is 34.9 Å². The number of carbonyl (C=O) groups excluding carboxylic acids is 1. The molecule has 0 aliphatic heterocycles. The van der Waals surface area contributed by atoms with Gasteiger partial charge in [0.15, 0.2) is 8.32 Å². The summed E-state index contributed by atoms with van der Waals surface area (Å²) in [4.78, 5) is 15.6. The molecule has 0 unspecified atom stereocenters. The minimum absolute atomic E-state index is 0.0208. The first-order valence-electron chi connectivity index (χ1n) is 12.4. The zero-order chi connectivity index (χ0) is 26.3. The van der Waals surface area contributed by atoms with Gasteiger partial charge in [-0.05, 0) is 66.4 Å². The summed E-state index contributed by atoms with van der Waals surface area (Å²) < 4.78 is 20.1. The fourth-order valence-electron chi connectivity index (χ4n) is 3.67. The van der Waals surface area contributed by atoms with Crippen LogP contribution < -0.4 is 15.2 Å². The molecule has 1 atom stereocenters. The van der Waals surface area contributed by atoms with Gasteiger partial charge in [-0.1, -0.05) is 45.0 Å². The SMILES string of the molecule is COc1cccc(-c2cccc(OCCC[C@@H](Cn3cnc(C(N)=O)c3)O[Si](C)(C)C(C)(C)C)c2)c1. The van der Waals surface area contributed by atoms with Gasteiger partial charge in [-0.2, -0.15) is 0 Å². The molecule has 1 heterocycles. The molecule has 3 rings (SSSR count). The predicted molar refractivity (Wildman–Crippen MR) is 146 cm³/mol. The van der Waals surface area contributed by atoms with Crippen LogP contribution in [0.15, 0.2) is 61.1 Å². The van der Waals surface area contributed by atoms with E-state index in [0.29, 0.717) is 13.2 Å². The van der Waals surface area contributed by atoms with Crippen molar-refractivity contribution in [1.29, 1.82) is 0 Å². The fraction of sp³-hybridized carbons (Fsp3) is 0.429. The van der Waals surface area contributed by atoms with Crippen LogP contribution in [0.2, 0.25) is 18.1 Å². The molecule has 1 aromatic heterocycles. The molecule has 0 saturated carbocycles. The molecule has 3 aromatic rings. The summed E-state index contributed by atoms with van der Waals surface area (Å²) in [5.41, 5.74) is 7.80. The van der Waals surface area contributed by atoms with Gasteiger partial charge in [0.25, 0.3) is 5.91 Å². The van der Waals surface area contributed by atoms with Crippen LogP contribution in [0.3, 0.4) is 0 Å². The number of nitrogens with two attached hydrogens (primary N) is 1. The average Bonchev–Trinajstić information content (AvgIpc) is 3.30. The maximum atomic E-state index is 11.5. The fourth-order valence-corrected chi connectivity index (χ4v) is 5.05. The minimum atomic E-state index is -1.99. The Balaban J connectivity index is 1.63. The molecule has 0 saturated heterocycles. The minimum Gasteiger partial charge on any atom is -0.497 e. The lowest BCUT2D eigenvalue weighted by molar-refractivity contribution is 0.0995. The number of amides is 1. The number of methoxy groups -OCH3 is 1. The summed E-state index contributed by atoms with van der Waals surface area (Å²) in [7, 11) is -0.319. The number of imidazole rings is 1. The molecule has 0 aliphatic rings. The third-order valence-electron chi connectivity index (χ3n) is 6.74. The number of hydrogen-bond donors (Lipinski definition) is 1. The lowest BCUT2D eigenvalue weighted by Crippen LogP contribution is -2.45. The van der Waals surface area contributed by atoms with Crippen LogP contribution in [0.25, 0.3) is 11.1 Å². The van der Waals surface area contributed by atoms with E-state index in [4.69, 9.17) is 19.6 Å². The summed E-state index contributed by atoms with van der Waals surface area (Å²) in [6.07, 6.45) is 4.97. The van der Waals surface area contributed by atoms with Gasteiger partial charge in [-0.3, -0.25) is 4.79 Å². The van der Waals surface area contributed by atoms with Gasteiger partial charge in [0, 0.05) is 12.7 Å². The van der Waals surface area contributed by atoms with E-state index >= 15 is 0 Å². The van der Waals surface area contributed by atoms with Gasteiger partial charge >= 0.3 is 0 Å². The number of carbonyl (C=O) groups is 1. The number of hydrogen-bond acceptors (Lipinski definition) is 5. The molecule has 0 radical (unpaired) electrons. The Labute approximate surface area is 215 Å². The molecule has 194 valence electrons. The normalized spacial score (nSPS) is 12.8. The summed E-state index contributed by atoms with van der Waals surface area (Å²) in [5, 5.41) is 0.0929. The highest BCUT2D eigenvalue weighted by atomic mass is 28.4. The maximum Gasteiger partial charge on any atom is 0.268 e. The monoisotopic (exact) mass is 509 g/mol. The molecule has 0 bridgehead atoms. The Bertz CT molecular complexity index is 1150. The Morgan fingerprint density at radius 1 is 1.08 bits per heavy atom. The lowest BCUT2D eigenvalue weighted by atomic mass is 10.1. The molecule has 0 fully saturated rings. The highest BCUT2D eigenvalue weighted by Gasteiger charge is 2.39. The number of aromatic nitrogens is 2. The van der Waals surface area contributed by atoms with Gasteiger partial charge in [0.1, 0.15) is 17.2 Å². The third-order valence-corrected chi connectivity index (χ3v) is 11.3. The van der Waals surface area contributed by atoms with Gasteiger partial charge in [-0.25, -0.2) is 4.98 Å². The van der Waals surface area contributed by atoms with E-state index in [1.54, 1.807) is 19.6 Å². The second-order valence-corrected chi connectivity index (χ2v) is 15.3. The van der Waals surface area contributed by atoms with Gasteiger partial charge in [-0.15, -0.1) is 0 Å². The second-order valence-electron chi connectivity index (χ2n) is 10.6. The molecular weight excluding hydrogens is 470 g/mol. The average molecular weight is 510 g/mol. The van der Waals surface area contributed by atoms with Crippen LogP contribution in [-0.2, 0) is 11.0 Å². The van der Waals surface area contributed by atoms with Crippen LogP contribution in [0.4, 0.5) is 0 Å². The Hall–Kier alpha value is -3.10. The van der Waals surface area contributed by atoms with Crippen molar-refractivity contribution in [3.63, 3.8) is 0 Å². The number of nitrogens with zero attached hydrogens (tertiary/aromatic N) is 2. The van der Waals surface area contributed by atoms with E-state index in [0.717, 1.165) is 35.5 Å². The molecule has 36 heavy (non-hydrogen) atoms. The molecule has 0 spiro atoms. The number of benzene rings is 2. The zero-order valence-corrected chi connectivity index (χ0v) is 23.3. The van der Waals surface area contributed by atoms with Gasteiger partial charge < -0.3 is 24.2 Å². The summed E-state index contributed by atoms with van der Waals surface area (Å²) >= 11 is 0. The van der Waals surface area contributed by atoms with Crippen molar-refractivity contribution in [2.45, 2.75) is 64.4 Å². The molecule has 2 N–H and O–H groups in total. The first kappa shape index (κ1) is 27.5. The van der Waals surface area contributed by atoms with Crippen molar-refractivity contribution in [2.24, 2.45) is 5.73 Å². The molecule has 7 nitrogen and oxygen atoms in total. The topological polar surface area (TPSA) is 88.6 Å². The van der Waals surface area contributed by atoms with Crippen LogP contribution in [0.1, 0.15) is 44.1 Å². The molecule has 1 amide bonds. The first-order chi connectivity index (χ1) is 17.0. The van der Waals surface area contributed by atoms with E-state index < -0.39 is 14.2 Å². The highest BCUT2D eigenvalue weighted by molar-refractivity contribution is 6.74. The first-order valence-corrected chi connectivity index (χ1v) is 15.3. The molecular formula is C28H39N3O4Si. The van der Waals surface area contributed by atoms with Crippen molar-refractivity contribution < 1.29 is 18.7 Å². The standard InChI is InChI=1S/C28H39N3O4Si/c1-28(2,3)36(5,6)35-25(18-31-19-26(27(29)32)30-20-31)14-9-15-34-24-13-8-11-22(17-24)21-10-7-12-23(16-21)33-4/h7-8,10-13,16-17,19-20,25H,9,14-15,18H2,1-6H3,(H2,29,32)/t25-/m0/s1. The van der Waals surface area contributed by atoms with E-state index in [-0.39, 0.29) is 16.8 Å². The number of primary amides is 1. The van der Waals surface area contributed by atoms with E-state index in [1.165, 1.54) is 0 Å². The summed E-state index contributed by atoms with van der Waals surface area (Å²) in [6, 6.07) is 16.1. The molecule has 0 aliphatic carbocycles. The smallest absolute Gasteiger partial charge is 0.268 e. The van der Waals surface area contributed by atoms with Crippen molar-refractivity contribution in [1.82, 2.24) is 9.55 Å². The Kier molecular flexibility index (Phi) is 8.97. The predicted octanol–water partition coefficient (Wildman–Crippen LogP) is 5.91. The number of rotatable bonds is 12. The highest BCUT2D eigenvalue weighted by Crippen LogP contribution is 2.38. The third kappa shape index (κ3) is 7.45.